The summed E-state index contributed by atoms with van der Waals surface area (Å²) in [5.41, 5.74) is 0.659. The Morgan fingerprint density at radius 1 is 0.887 bits per heavy atom. The molecule has 1 aliphatic heterocycles. The van der Waals surface area contributed by atoms with Crippen molar-refractivity contribution in [2.75, 3.05) is 13.9 Å². The molecule has 9 heteroatoms. The van der Waals surface area contributed by atoms with Crippen molar-refractivity contribution in [2.24, 2.45) is 5.92 Å². The van der Waals surface area contributed by atoms with E-state index >= 15 is 0 Å². The summed E-state index contributed by atoms with van der Waals surface area (Å²) in [6, 6.07) is 21.6. The minimum absolute atomic E-state index is 0.0419. The van der Waals surface area contributed by atoms with Gasteiger partial charge in [0, 0.05) is 13.5 Å². The maximum absolute atomic E-state index is 12.5. The van der Waals surface area contributed by atoms with Crippen LogP contribution in [0.2, 0.25) is 23.2 Å². The minimum atomic E-state index is -2.87. The maximum atomic E-state index is 12.5. The molecule has 53 heavy (non-hydrogen) atoms. The third kappa shape index (κ3) is 13.3. The lowest BCUT2D eigenvalue weighted by Crippen LogP contribution is -2.68. The fraction of sp³-hybridized carbons (Fsp3) is 0.659. The average molecular weight is 769 g/mol. The van der Waals surface area contributed by atoms with Crippen molar-refractivity contribution in [3.63, 3.8) is 0 Å². The highest BCUT2D eigenvalue weighted by Gasteiger charge is 2.55. The normalized spacial score (nSPS) is 20.3. The molecule has 2 aromatic rings. The first-order valence-corrected chi connectivity index (χ1v) is 24.5. The Bertz CT molecular complexity index is 1380. The molecule has 0 amide bonds. The lowest BCUT2D eigenvalue weighted by Gasteiger charge is -2.46. The predicted octanol–water partition coefficient (Wildman–Crippen LogP) is 9.93. The number of hydrogen-bond donors (Lipinski definition) is 0. The van der Waals surface area contributed by atoms with Crippen LogP contribution in [0.4, 0.5) is 0 Å². The van der Waals surface area contributed by atoms with Crippen molar-refractivity contribution in [3.8, 4) is 0 Å². The van der Waals surface area contributed by atoms with Gasteiger partial charge in [0.25, 0.3) is 8.32 Å². The highest BCUT2D eigenvalue weighted by molar-refractivity contribution is 6.99. The Morgan fingerprint density at radius 3 is 1.94 bits per heavy atom. The van der Waals surface area contributed by atoms with E-state index in [4.69, 9.17) is 27.8 Å². The van der Waals surface area contributed by atoms with Crippen LogP contribution in [-0.2, 0) is 32.6 Å². The van der Waals surface area contributed by atoms with Crippen LogP contribution in [0.25, 0.3) is 0 Å². The van der Waals surface area contributed by atoms with Crippen LogP contribution in [0.15, 0.2) is 72.3 Å². The monoisotopic (exact) mass is 768 g/mol. The smallest absolute Gasteiger partial charge is 0.309 e. The molecule has 7 nitrogen and oxygen atoms in total. The summed E-state index contributed by atoms with van der Waals surface area (Å²) in [6.45, 7) is 28.7. The van der Waals surface area contributed by atoms with Crippen LogP contribution < -0.4 is 10.4 Å². The number of carbonyl (C=O) groups excluding carboxylic acids is 1. The van der Waals surface area contributed by atoms with E-state index in [1.54, 1.807) is 7.11 Å². The van der Waals surface area contributed by atoms with Gasteiger partial charge in [-0.3, -0.25) is 4.79 Å². The molecule has 5 atom stereocenters. The van der Waals surface area contributed by atoms with Gasteiger partial charge >= 0.3 is 5.97 Å². The van der Waals surface area contributed by atoms with Crippen LogP contribution in [-0.4, -0.2) is 66.7 Å². The number of rotatable bonds is 18. The number of esters is 1. The van der Waals surface area contributed by atoms with Gasteiger partial charge in [-0.05, 0) is 86.4 Å². The molecule has 0 N–H and O–H groups in total. The first kappa shape index (κ1) is 45.3. The summed E-state index contributed by atoms with van der Waals surface area (Å²) in [4.78, 5) is 12.5. The number of hydrogen-bond acceptors (Lipinski definition) is 7. The van der Waals surface area contributed by atoms with Crippen molar-refractivity contribution in [1.29, 1.82) is 0 Å². The summed E-state index contributed by atoms with van der Waals surface area (Å²) in [5.74, 6) is 0.177. The van der Waals surface area contributed by atoms with Crippen LogP contribution in [0, 0.1) is 5.92 Å². The SMILES string of the molecule is COCO[C@@H](/C=C(/C)CCC[C@H](C)CC1CC(O[Si](C)(C)C(C)(C)C)C(O[Si](c2ccccc2)(c2ccccc2)C(C)(C)C)O1)CC(=O)OC(C)(C)C. The zero-order valence-electron chi connectivity index (χ0n) is 35.5. The molecule has 3 unspecified atom stereocenters. The van der Waals surface area contributed by atoms with Gasteiger partial charge in [0.05, 0.1) is 24.7 Å². The highest BCUT2D eigenvalue weighted by atomic mass is 28.4. The molecule has 1 fully saturated rings. The molecule has 1 heterocycles. The van der Waals surface area contributed by atoms with Crippen molar-refractivity contribution in [1.82, 2.24) is 0 Å². The second-order valence-corrected chi connectivity index (χ2v) is 27.7. The number of allylic oxidation sites excluding steroid dienone is 1. The van der Waals surface area contributed by atoms with Crippen molar-refractivity contribution in [2.45, 2.75) is 168 Å². The number of ether oxygens (including phenoxy) is 4. The van der Waals surface area contributed by atoms with E-state index in [-0.39, 0.29) is 47.6 Å². The van der Waals surface area contributed by atoms with E-state index in [2.05, 4.69) is 129 Å². The maximum Gasteiger partial charge on any atom is 0.309 e. The largest absolute Gasteiger partial charge is 0.460 e. The van der Waals surface area contributed by atoms with Gasteiger partial charge in [-0.25, -0.2) is 0 Å². The van der Waals surface area contributed by atoms with Gasteiger partial charge in [-0.1, -0.05) is 127 Å². The second kappa shape index (κ2) is 19.2. The number of methoxy groups -OCH3 is 1. The lowest BCUT2D eigenvalue weighted by atomic mass is 9.94. The summed E-state index contributed by atoms with van der Waals surface area (Å²) < 4.78 is 38.3. The Balaban J connectivity index is 1.79. The van der Waals surface area contributed by atoms with Crippen LogP contribution >= 0.6 is 0 Å². The molecule has 0 aromatic heterocycles. The number of benzene rings is 2. The van der Waals surface area contributed by atoms with E-state index in [9.17, 15) is 4.79 Å². The standard InChI is InChI=1S/C44H72O7Si2/c1-33(28-35(47-32-46-12)31-40(45)49-42(3,4)5)22-21-23-34(2)29-36-30-39(50-52(13,14)43(6,7)8)41(48-36)51-53(44(9,10)11,37-24-17-15-18-25-37)38-26-19-16-20-27-38/h15-20,24-28,34-36,39,41H,21-23,29-32H2,1-14H3/b33-28-/t34-,35-,36?,39?,41?/m0/s1. The van der Waals surface area contributed by atoms with E-state index < -0.39 is 28.5 Å². The Kier molecular flexibility index (Phi) is 16.4. The second-order valence-electron chi connectivity index (χ2n) is 18.7. The van der Waals surface area contributed by atoms with Gasteiger partial charge in [-0.2, -0.15) is 0 Å². The highest BCUT2D eigenvalue weighted by Crippen LogP contribution is 2.44. The third-order valence-corrected chi connectivity index (χ3v) is 20.2. The van der Waals surface area contributed by atoms with Crippen LogP contribution in [0.1, 0.15) is 115 Å². The van der Waals surface area contributed by atoms with E-state index in [0.717, 1.165) is 32.1 Å². The third-order valence-electron chi connectivity index (χ3n) is 10.7. The molecule has 3 rings (SSSR count). The molecule has 0 spiro atoms. The molecule has 1 saturated heterocycles. The summed E-state index contributed by atoms with van der Waals surface area (Å²) in [7, 11) is -3.42. The molecule has 0 aliphatic carbocycles. The summed E-state index contributed by atoms with van der Waals surface area (Å²) in [5, 5.41) is 2.38. The first-order valence-electron chi connectivity index (χ1n) is 19.7. The fourth-order valence-electron chi connectivity index (χ4n) is 7.05. The summed E-state index contributed by atoms with van der Waals surface area (Å²) >= 11 is 0. The lowest BCUT2D eigenvalue weighted by molar-refractivity contribution is -0.158. The predicted molar refractivity (Wildman–Crippen MR) is 223 cm³/mol. The molecule has 298 valence electrons. The number of carbonyl (C=O) groups is 1. The van der Waals surface area contributed by atoms with Gasteiger partial charge in [-0.15, -0.1) is 0 Å². The topological polar surface area (TPSA) is 72.5 Å². The molecular weight excluding hydrogens is 697 g/mol. The zero-order valence-corrected chi connectivity index (χ0v) is 37.5. The Morgan fingerprint density at radius 2 is 1.45 bits per heavy atom. The Labute approximate surface area is 324 Å². The van der Waals surface area contributed by atoms with Crippen LogP contribution in [0.5, 0.6) is 0 Å². The van der Waals surface area contributed by atoms with Gasteiger partial charge in [0.15, 0.2) is 14.6 Å². The molecular formula is C44H72O7Si2. The fourth-order valence-corrected chi connectivity index (χ4v) is 12.9. The van der Waals surface area contributed by atoms with Gasteiger partial charge in [0.2, 0.25) is 0 Å². The molecule has 1 aliphatic rings. The molecule has 2 aromatic carbocycles. The Hall–Kier alpha value is -2.12. The molecule has 0 radical (unpaired) electrons. The van der Waals surface area contributed by atoms with Gasteiger partial charge in [0.1, 0.15) is 12.4 Å². The van der Waals surface area contributed by atoms with Crippen molar-refractivity contribution < 1.29 is 32.6 Å². The van der Waals surface area contributed by atoms with Crippen molar-refractivity contribution >= 4 is 33.0 Å². The quantitative estimate of drug-likeness (QED) is 0.0647. The molecule has 0 bridgehead atoms. The van der Waals surface area contributed by atoms with Crippen molar-refractivity contribution in [3.05, 3.63) is 72.3 Å². The average Bonchev–Trinajstić information content (AvgIpc) is 3.40. The minimum Gasteiger partial charge on any atom is -0.460 e. The van der Waals surface area contributed by atoms with Crippen LogP contribution in [0.3, 0.4) is 0 Å². The summed E-state index contributed by atoms with van der Waals surface area (Å²) in [6.07, 6.45) is 6.03. The van der Waals surface area contributed by atoms with Gasteiger partial charge < -0.3 is 27.8 Å². The zero-order chi connectivity index (χ0) is 39.7. The van der Waals surface area contributed by atoms with E-state index in [0.29, 0.717) is 5.92 Å². The molecule has 0 saturated carbocycles. The van der Waals surface area contributed by atoms with E-state index in [1.807, 2.05) is 26.8 Å². The first-order chi connectivity index (χ1) is 24.6. The van der Waals surface area contributed by atoms with E-state index in [1.165, 1.54) is 15.9 Å².